The van der Waals surface area contributed by atoms with E-state index in [9.17, 15) is 17.6 Å². The molecule has 3 aromatic rings. The average Bonchev–Trinajstić information content (AvgIpc) is 3.39. The van der Waals surface area contributed by atoms with Crippen molar-refractivity contribution >= 4 is 21.6 Å². The Labute approximate surface area is 191 Å². The summed E-state index contributed by atoms with van der Waals surface area (Å²) in [6.07, 6.45) is 0. The highest BCUT2D eigenvalue weighted by molar-refractivity contribution is 7.90. The number of nitrogens with zero attached hydrogens (tertiary/aromatic N) is 1. The lowest BCUT2D eigenvalue weighted by molar-refractivity contribution is -0.0118. The zero-order chi connectivity index (χ0) is 23.2. The second kappa shape index (κ2) is 8.17. The molecule has 0 aromatic heterocycles. The average molecular weight is 468 g/mol. The Morgan fingerprint density at radius 1 is 1.12 bits per heavy atom. The van der Waals surface area contributed by atoms with Gasteiger partial charge in [0.15, 0.2) is 15.6 Å². The molecule has 9 heteroatoms. The lowest BCUT2D eigenvalue weighted by atomic mass is 10.1. The summed E-state index contributed by atoms with van der Waals surface area (Å²) in [5.41, 5.74) is 3.59. The first-order chi connectivity index (χ1) is 15.8. The van der Waals surface area contributed by atoms with Crippen LogP contribution in [-0.4, -0.2) is 19.5 Å². The van der Waals surface area contributed by atoms with E-state index in [0.717, 1.165) is 34.4 Å². The summed E-state index contributed by atoms with van der Waals surface area (Å²) in [6, 6.07) is 15.3. The third kappa shape index (κ3) is 4.05. The van der Waals surface area contributed by atoms with E-state index in [1.54, 1.807) is 25.1 Å². The van der Waals surface area contributed by atoms with Gasteiger partial charge in [0.2, 0.25) is 0 Å². The lowest BCUT2D eigenvalue weighted by Gasteiger charge is -2.20. The topological polar surface area (TPSA) is 87.7 Å². The molecule has 0 saturated heterocycles. The fourth-order valence-electron chi connectivity index (χ4n) is 4.14. The van der Waals surface area contributed by atoms with E-state index in [4.69, 9.17) is 4.84 Å². The highest BCUT2D eigenvalue weighted by Gasteiger charge is 2.33. The van der Waals surface area contributed by atoms with Gasteiger partial charge >= 0.3 is 6.03 Å². The van der Waals surface area contributed by atoms with E-state index in [2.05, 4.69) is 10.6 Å². The number of hydroxylamine groups is 2. The van der Waals surface area contributed by atoms with Gasteiger partial charge in [-0.05, 0) is 47.9 Å². The van der Waals surface area contributed by atoms with E-state index >= 15 is 0 Å². The third-order valence-electron chi connectivity index (χ3n) is 5.92. The van der Waals surface area contributed by atoms with Gasteiger partial charge in [-0.15, -0.1) is 5.06 Å². The number of hydrogen-bond acceptors (Lipinski definition) is 5. The van der Waals surface area contributed by atoms with Crippen LogP contribution in [0.15, 0.2) is 65.6 Å². The minimum absolute atomic E-state index is 0.130. The zero-order valence-corrected chi connectivity index (χ0v) is 18.7. The molecule has 0 saturated carbocycles. The Morgan fingerprint density at radius 3 is 2.70 bits per heavy atom. The number of para-hydroxylation sites is 1. The van der Waals surface area contributed by atoms with Crippen molar-refractivity contribution in [2.75, 3.05) is 5.32 Å². The Bertz CT molecular complexity index is 1360. The monoisotopic (exact) mass is 467 g/mol. The molecule has 33 heavy (non-hydrogen) atoms. The predicted octanol–water partition coefficient (Wildman–Crippen LogP) is 4.31. The number of carbonyl (C=O) groups is 1. The number of fused-ring (bicyclic) bond motifs is 2. The van der Waals surface area contributed by atoms with Gasteiger partial charge in [-0.1, -0.05) is 36.4 Å². The van der Waals surface area contributed by atoms with E-state index < -0.39 is 21.7 Å². The number of amides is 2. The maximum Gasteiger partial charge on any atom is 0.355 e. The maximum atomic E-state index is 14.8. The molecule has 170 valence electrons. The molecule has 2 aliphatic rings. The van der Waals surface area contributed by atoms with Gasteiger partial charge in [-0.2, -0.15) is 0 Å². The van der Waals surface area contributed by atoms with Gasteiger partial charge in [-0.25, -0.2) is 17.6 Å². The molecule has 2 amide bonds. The molecular weight excluding hydrogens is 445 g/mol. The van der Waals surface area contributed by atoms with Crippen LogP contribution in [0.1, 0.15) is 35.2 Å². The second-order valence-corrected chi connectivity index (χ2v) is 10.2. The number of benzene rings is 3. The number of anilines is 1. The van der Waals surface area contributed by atoms with Crippen molar-refractivity contribution in [3.63, 3.8) is 0 Å². The smallest absolute Gasteiger partial charge is 0.355 e. The molecule has 0 aliphatic carbocycles. The van der Waals surface area contributed by atoms with Gasteiger partial charge in [0.1, 0.15) is 5.82 Å². The molecule has 2 aliphatic heterocycles. The number of carbonyl (C=O) groups excluding carboxylic acids is 1. The largest absolute Gasteiger partial charge is 0.374 e. The maximum absolute atomic E-state index is 14.8. The fraction of sp³-hybridized carbons (Fsp3) is 0.208. The minimum Gasteiger partial charge on any atom is -0.374 e. The van der Waals surface area contributed by atoms with Crippen LogP contribution < -0.4 is 15.5 Å². The Kier molecular flexibility index (Phi) is 5.30. The van der Waals surface area contributed by atoms with Crippen molar-refractivity contribution < 1.29 is 22.4 Å². The molecule has 3 aromatic carbocycles. The molecule has 7 nitrogen and oxygen atoms in total. The predicted molar refractivity (Wildman–Crippen MR) is 121 cm³/mol. The highest BCUT2D eigenvalue weighted by atomic mass is 32.2. The van der Waals surface area contributed by atoms with Crippen LogP contribution in [0.25, 0.3) is 0 Å². The fourth-order valence-corrected chi connectivity index (χ4v) is 5.48. The molecule has 2 N–H and O–H groups in total. The Balaban J connectivity index is 1.30. The molecule has 0 bridgehead atoms. The third-order valence-corrected chi connectivity index (χ3v) is 7.60. The molecule has 1 unspecified atom stereocenters. The van der Waals surface area contributed by atoms with Crippen LogP contribution in [-0.2, 0) is 28.7 Å². The molecular formula is C24H22FN3O4S. The van der Waals surface area contributed by atoms with Crippen LogP contribution in [0.3, 0.4) is 0 Å². The number of nitrogens with one attached hydrogen (secondary N) is 2. The SMILES string of the molecule is CC1c2ccccc2ON1C(=O)Nc1ccc(S(=O)(=O)Cc2ccc3c(c2)CNC3)cc1F. The number of hydrogen-bond donors (Lipinski definition) is 2. The van der Waals surface area contributed by atoms with Crippen molar-refractivity contribution in [2.45, 2.75) is 36.7 Å². The number of sulfone groups is 1. The summed E-state index contributed by atoms with van der Waals surface area (Å²) < 4.78 is 40.5. The van der Waals surface area contributed by atoms with Gasteiger partial charge in [0, 0.05) is 18.7 Å². The highest BCUT2D eigenvalue weighted by Crippen LogP contribution is 2.37. The molecule has 0 spiro atoms. The molecule has 2 heterocycles. The summed E-state index contributed by atoms with van der Waals surface area (Å²) in [7, 11) is -3.77. The first-order valence-corrected chi connectivity index (χ1v) is 12.2. The number of urea groups is 1. The normalized spacial score (nSPS) is 16.8. The molecule has 1 atom stereocenters. The molecule has 5 rings (SSSR count). The summed E-state index contributed by atoms with van der Waals surface area (Å²) in [6.45, 7) is 3.28. The number of rotatable bonds is 4. The van der Waals surface area contributed by atoms with E-state index in [1.165, 1.54) is 12.1 Å². The van der Waals surface area contributed by atoms with Gasteiger partial charge in [0.25, 0.3) is 0 Å². The van der Waals surface area contributed by atoms with Gasteiger partial charge in [-0.3, -0.25) is 0 Å². The van der Waals surface area contributed by atoms with Crippen LogP contribution >= 0.6 is 0 Å². The summed E-state index contributed by atoms with van der Waals surface area (Å²) in [4.78, 5) is 18.1. The van der Waals surface area contributed by atoms with E-state index in [0.29, 0.717) is 17.9 Å². The quantitative estimate of drug-likeness (QED) is 0.597. The lowest BCUT2D eigenvalue weighted by Crippen LogP contribution is -2.36. The second-order valence-electron chi connectivity index (χ2n) is 8.17. The van der Waals surface area contributed by atoms with Crippen molar-refractivity contribution in [3.05, 3.63) is 88.7 Å². The van der Waals surface area contributed by atoms with Gasteiger partial charge in [0.05, 0.1) is 22.4 Å². The van der Waals surface area contributed by atoms with Crippen molar-refractivity contribution in [1.82, 2.24) is 10.4 Å². The Morgan fingerprint density at radius 2 is 1.91 bits per heavy atom. The molecule has 0 radical (unpaired) electrons. The summed E-state index contributed by atoms with van der Waals surface area (Å²) in [5.74, 6) is -0.514. The first kappa shape index (κ1) is 21.4. The summed E-state index contributed by atoms with van der Waals surface area (Å²) >= 11 is 0. The Hall–Kier alpha value is -3.43. The van der Waals surface area contributed by atoms with Crippen molar-refractivity contribution in [1.29, 1.82) is 0 Å². The zero-order valence-electron chi connectivity index (χ0n) is 17.8. The van der Waals surface area contributed by atoms with E-state index in [1.807, 2.05) is 24.3 Å². The van der Waals surface area contributed by atoms with E-state index in [-0.39, 0.29) is 22.4 Å². The molecule has 0 fully saturated rings. The number of halogens is 1. The standard InChI is InChI=1S/C24H22FN3O4S/c1-15-20-4-2-3-5-23(20)32-28(15)24(29)27-22-9-8-19(11-21(22)25)33(30,31)14-16-6-7-17-12-26-13-18(17)10-16/h2-11,15,26H,12-14H2,1H3,(H,27,29). The first-order valence-electron chi connectivity index (χ1n) is 10.5. The van der Waals surface area contributed by atoms with Crippen molar-refractivity contribution in [2.24, 2.45) is 0 Å². The van der Waals surface area contributed by atoms with Crippen molar-refractivity contribution in [3.8, 4) is 5.75 Å². The van der Waals surface area contributed by atoms with Crippen LogP contribution in [0.5, 0.6) is 5.75 Å². The summed E-state index contributed by atoms with van der Waals surface area (Å²) in [5, 5.41) is 6.80. The minimum atomic E-state index is -3.77. The van der Waals surface area contributed by atoms with Crippen LogP contribution in [0.4, 0.5) is 14.9 Å². The van der Waals surface area contributed by atoms with Gasteiger partial charge < -0.3 is 15.5 Å². The van der Waals surface area contributed by atoms with Crippen LogP contribution in [0, 0.1) is 5.82 Å². The van der Waals surface area contributed by atoms with Crippen LogP contribution in [0.2, 0.25) is 0 Å².